The number of aliphatic carboxylic acids is 2. The predicted molar refractivity (Wildman–Crippen MR) is 114 cm³/mol. The minimum Gasteiger partial charge on any atom is -0.479 e. The van der Waals surface area contributed by atoms with Crippen molar-refractivity contribution in [3.8, 4) is 0 Å². The minimum atomic E-state index is -2.27. The van der Waals surface area contributed by atoms with Crippen LogP contribution in [0.5, 0.6) is 0 Å². The van der Waals surface area contributed by atoms with E-state index in [4.69, 9.17) is 20.4 Å². The first-order chi connectivity index (χ1) is 15.1. The van der Waals surface area contributed by atoms with Crippen molar-refractivity contribution < 1.29 is 40.2 Å². The second kappa shape index (κ2) is 9.72. The van der Waals surface area contributed by atoms with Crippen LogP contribution in [0.4, 0.5) is 5.69 Å². The summed E-state index contributed by atoms with van der Waals surface area (Å²) >= 11 is 0. The zero-order valence-electron chi connectivity index (χ0n) is 17.9. The van der Waals surface area contributed by atoms with Crippen molar-refractivity contribution in [1.29, 1.82) is 0 Å². The number of β-amino-alcohol motifs (C(OH)–C–C–N with tert-alkyl or cyclic N) is 1. The third-order valence-corrected chi connectivity index (χ3v) is 7.01. The van der Waals surface area contributed by atoms with Crippen molar-refractivity contribution in [3.05, 3.63) is 30.3 Å². The van der Waals surface area contributed by atoms with E-state index in [0.29, 0.717) is 6.54 Å². The van der Waals surface area contributed by atoms with Crippen LogP contribution in [0.15, 0.2) is 30.3 Å². The number of aliphatic hydroxyl groups is 4. The number of hydrogen-bond donors (Lipinski definition) is 6. The summed E-state index contributed by atoms with van der Waals surface area (Å²) in [6.07, 6.45) is -0.740. The topological polar surface area (TPSA) is 162 Å². The average Bonchev–Trinajstić information content (AvgIpc) is 3.12. The second-order valence-corrected chi connectivity index (χ2v) is 8.85. The molecule has 6 N–H and O–H groups in total. The Hall–Kier alpha value is -2.24. The maximum Gasteiger partial charge on any atom is 0.335 e. The molecule has 3 aliphatic rings. The van der Waals surface area contributed by atoms with E-state index in [2.05, 4.69) is 34.1 Å². The summed E-state index contributed by atoms with van der Waals surface area (Å²) in [5.74, 6) is -3.54. The number of rotatable bonds is 6. The summed E-state index contributed by atoms with van der Waals surface area (Å²) in [7, 11) is 0. The number of anilines is 1. The van der Waals surface area contributed by atoms with Crippen LogP contribution >= 0.6 is 0 Å². The minimum absolute atomic E-state index is 0.177. The predicted octanol–water partition coefficient (Wildman–Crippen LogP) is -0.648. The molecular formula is C22H32N2O8. The van der Waals surface area contributed by atoms with Crippen molar-refractivity contribution in [2.24, 2.45) is 5.41 Å². The highest BCUT2D eigenvalue weighted by molar-refractivity contribution is 5.83. The maximum atomic E-state index is 10.9. The van der Waals surface area contributed by atoms with Gasteiger partial charge in [-0.05, 0) is 25.0 Å². The average molecular weight is 453 g/mol. The van der Waals surface area contributed by atoms with Gasteiger partial charge in [0, 0.05) is 43.8 Å². The number of piperazine rings is 1. The first kappa shape index (κ1) is 24.4. The molecule has 3 unspecified atom stereocenters. The van der Waals surface area contributed by atoms with Crippen molar-refractivity contribution in [1.82, 2.24) is 4.90 Å². The van der Waals surface area contributed by atoms with Gasteiger partial charge in [-0.1, -0.05) is 31.0 Å². The van der Waals surface area contributed by atoms with Gasteiger partial charge in [-0.3, -0.25) is 4.90 Å². The van der Waals surface area contributed by atoms with Crippen LogP contribution in [0.3, 0.4) is 0 Å². The molecule has 0 bridgehead atoms. The van der Waals surface area contributed by atoms with E-state index in [1.165, 1.54) is 5.69 Å². The molecule has 1 saturated heterocycles. The number of hydrogen-bond acceptors (Lipinski definition) is 8. The van der Waals surface area contributed by atoms with E-state index >= 15 is 0 Å². The number of carboxylic acids is 2. The van der Waals surface area contributed by atoms with Crippen molar-refractivity contribution >= 4 is 17.6 Å². The van der Waals surface area contributed by atoms with E-state index in [1.54, 1.807) is 0 Å². The molecule has 1 spiro atoms. The highest BCUT2D eigenvalue weighted by Crippen LogP contribution is 2.65. The number of carbonyl (C=O) groups is 2. The van der Waals surface area contributed by atoms with Crippen LogP contribution in [0.1, 0.15) is 25.7 Å². The summed E-state index contributed by atoms with van der Waals surface area (Å²) in [4.78, 5) is 24.3. The summed E-state index contributed by atoms with van der Waals surface area (Å²) in [5.41, 5.74) is 0.252. The Morgan fingerprint density at radius 3 is 1.91 bits per heavy atom. The molecule has 1 aromatic rings. The fourth-order valence-corrected chi connectivity index (χ4v) is 4.99. The maximum absolute atomic E-state index is 10.9. The number of nitrogens with zero attached hydrogens (tertiary/aromatic N) is 2. The molecule has 1 heterocycles. The molecule has 0 radical (unpaired) electrons. The van der Waals surface area contributed by atoms with Crippen LogP contribution in [0.2, 0.25) is 0 Å². The molecule has 4 rings (SSSR count). The SMILES string of the molecule is O=C(O)C(O)C(O)C(=O)O.OC1C2(CCCC2)[C@]1(O)CN1CCN(c2ccccc2)CC1. The van der Waals surface area contributed by atoms with Gasteiger partial charge in [-0.15, -0.1) is 0 Å². The molecule has 10 nitrogen and oxygen atoms in total. The molecule has 32 heavy (non-hydrogen) atoms. The number of aliphatic hydroxyl groups excluding tert-OH is 3. The fraction of sp³-hybridized carbons (Fsp3) is 0.636. The molecule has 1 aliphatic heterocycles. The van der Waals surface area contributed by atoms with Crippen LogP contribution in [-0.4, -0.2) is 104 Å². The highest BCUT2D eigenvalue weighted by Gasteiger charge is 2.76. The largest absolute Gasteiger partial charge is 0.479 e. The smallest absolute Gasteiger partial charge is 0.335 e. The van der Waals surface area contributed by atoms with Crippen LogP contribution in [0.25, 0.3) is 0 Å². The van der Waals surface area contributed by atoms with Gasteiger partial charge in [0.15, 0.2) is 12.2 Å². The van der Waals surface area contributed by atoms with Crippen LogP contribution in [-0.2, 0) is 9.59 Å². The lowest BCUT2D eigenvalue weighted by atomic mass is 9.99. The van der Waals surface area contributed by atoms with Crippen molar-refractivity contribution in [3.63, 3.8) is 0 Å². The quantitative estimate of drug-likeness (QED) is 0.327. The summed E-state index contributed by atoms with van der Waals surface area (Å²) in [6.45, 7) is 4.53. The van der Waals surface area contributed by atoms with Gasteiger partial charge in [0.25, 0.3) is 0 Å². The van der Waals surface area contributed by atoms with Gasteiger partial charge < -0.3 is 35.5 Å². The molecule has 10 heteroatoms. The Balaban J connectivity index is 0.000000247. The van der Waals surface area contributed by atoms with Gasteiger partial charge in [0.2, 0.25) is 0 Å². The summed E-state index contributed by atoms with van der Waals surface area (Å²) < 4.78 is 0. The number of para-hydroxylation sites is 1. The van der Waals surface area contributed by atoms with Gasteiger partial charge >= 0.3 is 11.9 Å². The zero-order chi connectivity index (χ0) is 23.5. The second-order valence-electron chi connectivity index (χ2n) is 8.85. The highest BCUT2D eigenvalue weighted by atomic mass is 16.4. The van der Waals surface area contributed by atoms with Crippen molar-refractivity contribution in [2.45, 2.75) is 49.6 Å². The van der Waals surface area contributed by atoms with Gasteiger partial charge in [0.1, 0.15) is 5.60 Å². The summed E-state index contributed by atoms with van der Waals surface area (Å²) in [5, 5.41) is 53.7. The molecular weight excluding hydrogens is 420 g/mol. The normalized spacial score (nSPS) is 28.5. The number of benzene rings is 1. The standard InChI is InChI=1S/C18H26N2O2.C4H6O6/c21-16-17(8-4-5-9-17)18(16,22)14-19-10-12-20(13-11-19)15-6-2-1-3-7-15;5-1(3(7)8)2(6)4(9)10/h1-3,6-7,16,21-22H,4-5,8-14H2;1-2,5-6H,(H,7,8)(H,9,10)/t16?,18-;/m0./s1. The number of carboxylic acid groups (broad SMARTS) is 2. The molecule has 0 aromatic heterocycles. The Bertz CT molecular complexity index is 774. The van der Waals surface area contributed by atoms with Gasteiger partial charge in [-0.2, -0.15) is 0 Å². The molecule has 1 aromatic carbocycles. The van der Waals surface area contributed by atoms with E-state index < -0.39 is 35.9 Å². The lowest BCUT2D eigenvalue weighted by Gasteiger charge is -2.37. The molecule has 4 atom stereocenters. The van der Waals surface area contributed by atoms with E-state index in [-0.39, 0.29) is 5.41 Å². The van der Waals surface area contributed by atoms with E-state index in [1.807, 2.05) is 6.07 Å². The molecule has 0 amide bonds. The lowest BCUT2D eigenvalue weighted by Crippen LogP contribution is -2.50. The Morgan fingerprint density at radius 1 is 0.938 bits per heavy atom. The summed E-state index contributed by atoms with van der Waals surface area (Å²) in [6, 6.07) is 10.5. The van der Waals surface area contributed by atoms with E-state index in [9.17, 15) is 19.8 Å². The van der Waals surface area contributed by atoms with Crippen LogP contribution < -0.4 is 4.90 Å². The first-order valence-corrected chi connectivity index (χ1v) is 10.9. The van der Waals surface area contributed by atoms with Gasteiger partial charge in [0.05, 0.1) is 6.10 Å². The monoisotopic (exact) mass is 452 g/mol. The zero-order valence-corrected chi connectivity index (χ0v) is 17.9. The third-order valence-electron chi connectivity index (χ3n) is 7.01. The van der Waals surface area contributed by atoms with Crippen LogP contribution in [0, 0.1) is 5.41 Å². The lowest BCUT2D eigenvalue weighted by molar-refractivity contribution is -0.165. The van der Waals surface area contributed by atoms with E-state index in [0.717, 1.165) is 51.9 Å². The fourth-order valence-electron chi connectivity index (χ4n) is 4.99. The first-order valence-electron chi connectivity index (χ1n) is 10.9. The van der Waals surface area contributed by atoms with Gasteiger partial charge in [-0.25, -0.2) is 9.59 Å². The Labute approximate surface area is 186 Å². The Kier molecular flexibility index (Phi) is 7.41. The molecule has 2 aliphatic carbocycles. The van der Waals surface area contributed by atoms with Crippen molar-refractivity contribution in [2.75, 3.05) is 37.6 Å². The molecule has 2 saturated carbocycles. The molecule has 178 valence electrons. The third kappa shape index (κ3) is 4.74. The Morgan fingerprint density at radius 2 is 1.44 bits per heavy atom. The molecule has 3 fully saturated rings.